The molecule has 7 nitrogen and oxygen atoms in total. The van der Waals surface area contributed by atoms with Gasteiger partial charge in [0.15, 0.2) is 5.13 Å². The summed E-state index contributed by atoms with van der Waals surface area (Å²) in [5, 5.41) is 10.7. The minimum atomic E-state index is -0.586. The normalized spacial score (nSPS) is 11.9. The average molecular weight is 692 g/mol. The third-order valence-electron chi connectivity index (χ3n) is 6.49. The summed E-state index contributed by atoms with van der Waals surface area (Å²) in [7, 11) is 0. The van der Waals surface area contributed by atoms with Gasteiger partial charge < -0.3 is 16.0 Å². The Morgan fingerprint density at radius 2 is 1.54 bits per heavy atom. The largest absolute Gasteiger partial charge is 0.321 e. The molecule has 12 heteroatoms. The molecule has 4 aromatic carbocycles. The van der Waals surface area contributed by atoms with Gasteiger partial charge in [-0.2, -0.15) is 0 Å². The lowest BCUT2D eigenvalue weighted by atomic mass is 10.1. The second kappa shape index (κ2) is 15.2. The lowest BCUT2D eigenvalue weighted by Gasteiger charge is -2.13. The van der Waals surface area contributed by atoms with Gasteiger partial charge >= 0.3 is 0 Å². The Bertz CT molecular complexity index is 1880. The minimum absolute atomic E-state index is 0.0580. The first kappa shape index (κ1) is 32.9. The van der Waals surface area contributed by atoms with E-state index in [-0.39, 0.29) is 17.4 Å². The average Bonchev–Trinajstić information content (AvgIpc) is 3.52. The van der Waals surface area contributed by atoms with Gasteiger partial charge in [0.2, 0.25) is 5.91 Å². The van der Waals surface area contributed by atoms with Crippen LogP contribution >= 0.6 is 46.3 Å². The van der Waals surface area contributed by atoms with E-state index < -0.39 is 17.1 Å². The number of anilines is 2. The van der Waals surface area contributed by atoms with Gasteiger partial charge in [-0.05, 0) is 85.8 Å². The Morgan fingerprint density at radius 1 is 0.870 bits per heavy atom. The van der Waals surface area contributed by atoms with Gasteiger partial charge in [0.05, 0.1) is 10.9 Å². The van der Waals surface area contributed by atoms with Crippen molar-refractivity contribution in [2.75, 3.05) is 10.6 Å². The minimum Gasteiger partial charge on any atom is -0.321 e. The molecule has 0 aliphatic rings. The van der Waals surface area contributed by atoms with Gasteiger partial charge in [-0.25, -0.2) is 9.37 Å². The molecule has 0 bridgehead atoms. The van der Waals surface area contributed by atoms with E-state index >= 15 is 0 Å². The van der Waals surface area contributed by atoms with Crippen LogP contribution in [0.5, 0.6) is 0 Å². The molecule has 0 saturated heterocycles. The molecule has 0 saturated carbocycles. The molecule has 1 unspecified atom stereocenters. The van der Waals surface area contributed by atoms with Crippen molar-refractivity contribution in [3.8, 4) is 11.3 Å². The highest BCUT2D eigenvalue weighted by atomic mass is 35.5. The Hall–Kier alpha value is -4.48. The zero-order chi connectivity index (χ0) is 32.6. The highest BCUT2D eigenvalue weighted by Crippen LogP contribution is 2.29. The molecule has 1 aromatic heterocycles. The van der Waals surface area contributed by atoms with E-state index in [0.717, 1.165) is 10.5 Å². The van der Waals surface area contributed by atoms with Crippen LogP contribution in [0, 0.1) is 5.82 Å². The van der Waals surface area contributed by atoms with E-state index in [2.05, 4.69) is 20.9 Å². The second-order valence-electron chi connectivity index (χ2n) is 9.79. The summed E-state index contributed by atoms with van der Waals surface area (Å²) in [6.07, 6.45) is 1.43. The highest BCUT2D eigenvalue weighted by Gasteiger charge is 2.19. The number of hydrogen-bond donors (Lipinski definition) is 3. The van der Waals surface area contributed by atoms with Crippen LogP contribution in [-0.4, -0.2) is 28.0 Å². The van der Waals surface area contributed by atoms with Crippen molar-refractivity contribution in [2.45, 2.75) is 17.1 Å². The van der Waals surface area contributed by atoms with Crippen LogP contribution in [0.4, 0.5) is 15.2 Å². The number of benzene rings is 4. The van der Waals surface area contributed by atoms with Crippen molar-refractivity contribution in [3.63, 3.8) is 0 Å². The maximum Gasteiger partial charge on any atom is 0.272 e. The summed E-state index contributed by atoms with van der Waals surface area (Å²) in [5.74, 6) is -1.63. The summed E-state index contributed by atoms with van der Waals surface area (Å²) < 4.78 is 13.2. The second-order valence-corrected chi connectivity index (χ2v) is 12.9. The van der Waals surface area contributed by atoms with Crippen molar-refractivity contribution in [2.24, 2.45) is 0 Å². The number of aromatic nitrogens is 1. The topological polar surface area (TPSA) is 100 Å². The lowest BCUT2D eigenvalue weighted by molar-refractivity contribution is -0.115. The third-order valence-corrected chi connectivity index (χ3v) is 9.01. The first-order chi connectivity index (χ1) is 22.2. The molecule has 0 fully saturated rings. The number of rotatable bonds is 10. The highest BCUT2D eigenvalue weighted by molar-refractivity contribution is 8.00. The Labute approximate surface area is 282 Å². The van der Waals surface area contributed by atoms with Crippen molar-refractivity contribution < 1.29 is 18.8 Å². The van der Waals surface area contributed by atoms with Crippen LogP contribution in [0.1, 0.15) is 22.8 Å². The molecule has 1 atom stereocenters. The van der Waals surface area contributed by atoms with Crippen LogP contribution in [0.15, 0.2) is 113 Å². The number of thioether (sulfide) groups is 1. The standard InChI is InChI=1S/C34H25Cl2FN4O3S2/c1-20(31(42)41-34-40-30(19-45-34)21-10-12-23(37)13-11-21)46-25-16-14-24(15-17-25)38-33(44)29(18-26-27(35)8-5-9-28(26)36)39-32(43)22-6-3-2-4-7-22/h2-20H,1H3,(H,38,44)(H,39,43)(H,40,41,42)/b29-18-. The van der Waals surface area contributed by atoms with E-state index in [1.165, 1.54) is 41.3 Å². The molecule has 0 aliphatic carbocycles. The monoisotopic (exact) mass is 690 g/mol. The number of halogens is 3. The van der Waals surface area contributed by atoms with Gasteiger partial charge in [-0.1, -0.05) is 47.5 Å². The third kappa shape index (κ3) is 8.61. The van der Waals surface area contributed by atoms with E-state index in [4.69, 9.17) is 23.2 Å². The van der Waals surface area contributed by atoms with Crippen LogP contribution in [-0.2, 0) is 9.59 Å². The molecular weight excluding hydrogens is 666 g/mol. The summed E-state index contributed by atoms with van der Waals surface area (Å²) in [6, 6.07) is 26.4. The van der Waals surface area contributed by atoms with Gasteiger partial charge in [0.1, 0.15) is 11.5 Å². The van der Waals surface area contributed by atoms with E-state index in [1.54, 1.807) is 97.2 Å². The Morgan fingerprint density at radius 3 is 2.22 bits per heavy atom. The van der Waals surface area contributed by atoms with Crippen LogP contribution < -0.4 is 16.0 Å². The van der Waals surface area contributed by atoms with Crippen LogP contribution in [0.25, 0.3) is 17.3 Å². The van der Waals surface area contributed by atoms with Gasteiger partial charge in [0.25, 0.3) is 11.8 Å². The number of carbonyl (C=O) groups is 3. The first-order valence-electron chi connectivity index (χ1n) is 13.8. The van der Waals surface area contributed by atoms with Gasteiger partial charge in [-0.3, -0.25) is 14.4 Å². The molecule has 5 aromatic rings. The molecule has 0 spiro atoms. The summed E-state index contributed by atoms with van der Waals surface area (Å²) in [5.41, 5.74) is 2.56. The predicted molar refractivity (Wildman–Crippen MR) is 185 cm³/mol. The summed E-state index contributed by atoms with van der Waals surface area (Å²) >= 11 is 15.3. The fourth-order valence-electron chi connectivity index (χ4n) is 4.10. The smallest absolute Gasteiger partial charge is 0.272 e. The maximum atomic E-state index is 13.4. The molecule has 232 valence electrons. The quantitative estimate of drug-likeness (QED) is 0.100. The van der Waals surface area contributed by atoms with Crippen molar-refractivity contribution >= 4 is 80.9 Å². The van der Waals surface area contributed by atoms with Crippen LogP contribution in [0.2, 0.25) is 10.0 Å². The molecule has 0 aliphatic heterocycles. The molecule has 0 radical (unpaired) electrons. The van der Waals surface area contributed by atoms with Gasteiger partial charge in [0, 0.05) is 42.7 Å². The number of amides is 3. The number of carbonyl (C=O) groups excluding carboxylic acids is 3. The zero-order valence-corrected chi connectivity index (χ0v) is 27.2. The number of thiazole rings is 1. The molecule has 46 heavy (non-hydrogen) atoms. The number of nitrogens with zero attached hydrogens (tertiary/aromatic N) is 1. The van der Waals surface area contributed by atoms with Crippen molar-refractivity contribution in [1.82, 2.24) is 10.3 Å². The maximum absolute atomic E-state index is 13.4. The molecule has 1 heterocycles. The van der Waals surface area contributed by atoms with Crippen LogP contribution in [0.3, 0.4) is 0 Å². The van der Waals surface area contributed by atoms with Crippen molar-refractivity contribution in [3.05, 3.63) is 135 Å². The SMILES string of the molecule is CC(Sc1ccc(NC(=O)/C(=C/c2c(Cl)cccc2Cl)NC(=O)c2ccccc2)cc1)C(=O)Nc1nc(-c2ccc(F)cc2)cs1. The fraction of sp³-hybridized carbons (Fsp3) is 0.0588. The lowest BCUT2D eigenvalue weighted by Crippen LogP contribution is -2.30. The van der Waals surface area contributed by atoms with Crippen molar-refractivity contribution in [1.29, 1.82) is 0 Å². The van der Waals surface area contributed by atoms with E-state index in [9.17, 15) is 18.8 Å². The Kier molecular flexibility index (Phi) is 10.9. The first-order valence-corrected chi connectivity index (χ1v) is 16.3. The molecule has 3 N–H and O–H groups in total. The predicted octanol–water partition coefficient (Wildman–Crippen LogP) is 8.78. The zero-order valence-electron chi connectivity index (χ0n) is 24.1. The summed E-state index contributed by atoms with van der Waals surface area (Å²) in [6.45, 7) is 1.77. The molecular formula is C34H25Cl2FN4O3S2. The molecule has 5 rings (SSSR count). The molecule has 3 amide bonds. The van der Waals surface area contributed by atoms with E-state index in [0.29, 0.717) is 37.7 Å². The fourth-order valence-corrected chi connectivity index (χ4v) is 6.20. The van der Waals surface area contributed by atoms with Gasteiger partial charge in [-0.15, -0.1) is 23.1 Å². The van der Waals surface area contributed by atoms with E-state index in [1.807, 2.05) is 0 Å². The Balaban J connectivity index is 1.23. The number of nitrogens with one attached hydrogen (secondary N) is 3. The summed E-state index contributed by atoms with van der Waals surface area (Å²) in [4.78, 5) is 44.4. The number of hydrogen-bond acceptors (Lipinski definition) is 6.